The molecule has 2 aromatic carbocycles. The van der Waals surface area contributed by atoms with Crippen molar-refractivity contribution in [2.24, 2.45) is 17.3 Å². The third-order valence-corrected chi connectivity index (χ3v) is 7.16. The Kier molecular flexibility index (Phi) is 12.5. The van der Waals surface area contributed by atoms with Gasteiger partial charge in [0.15, 0.2) is 0 Å². The molecule has 0 aromatic heterocycles. The Morgan fingerprint density at radius 3 is 1.88 bits per heavy atom. The van der Waals surface area contributed by atoms with Gasteiger partial charge in [-0.3, -0.25) is 14.4 Å². The lowest BCUT2D eigenvalue weighted by Gasteiger charge is -2.32. The molecule has 0 heterocycles. The average Bonchev–Trinajstić information content (AvgIpc) is 2.90. The van der Waals surface area contributed by atoms with E-state index in [9.17, 15) is 18.8 Å². The molecule has 0 aliphatic rings. The summed E-state index contributed by atoms with van der Waals surface area (Å²) in [5.41, 5.74) is 1.83. The first-order valence-corrected chi connectivity index (χ1v) is 14.7. The minimum atomic E-state index is -0.715. The van der Waals surface area contributed by atoms with Crippen LogP contribution in [0.15, 0.2) is 48.5 Å². The highest BCUT2D eigenvalue weighted by molar-refractivity contribution is 5.89. The number of nitrogens with one attached hydrogen (secondary N) is 2. The van der Waals surface area contributed by atoms with Crippen molar-refractivity contribution in [2.75, 3.05) is 7.05 Å². The molecule has 0 radical (unpaired) electrons. The van der Waals surface area contributed by atoms with Crippen molar-refractivity contribution in [3.8, 4) is 11.1 Å². The molecule has 6 nitrogen and oxygen atoms in total. The molecular formula is C34H49FN2O4. The van der Waals surface area contributed by atoms with Gasteiger partial charge in [0.2, 0.25) is 11.8 Å². The quantitative estimate of drug-likeness (QED) is 0.259. The number of amides is 2. The highest BCUT2D eigenvalue weighted by Crippen LogP contribution is 2.28. The Hall–Kier alpha value is -3.22. The Labute approximate surface area is 245 Å². The van der Waals surface area contributed by atoms with Crippen molar-refractivity contribution in [1.29, 1.82) is 0 Å². The van der Waals surface area contributed by atoms with Crippen LogP contribution in [0.1, 0.15) is 86.1 Å². The number of ether oxygens (including phenoxy) is 1. The molecular weight excluding hydrogens is 519 g/mol. The highest BCUT2D eigenvalue weighted by atomic mass is 19.1. The van der Waals surface area contributed by atoms with Crippen LogP contribution in [0.2, 0.25) is 0 Å². The number of aryl methyl sites for hydroxylation is 1. The Balaban J connectivity index is 2.29. The molecule has 226 valence electrons. The lowest BCUT2D eigenvalue weighted by Crippen LogP contribution is -2.54. The van der Waals surface area contributed by atoms with E-state index in [4.69, 9.17) is 4.74 Å². The van der Waals surface area contributed by atoms with Crippen LogP contribution in [0.5, 0.6) is 0 Å². The topological polar surface area (TPSA) is 84.5 Å². The summed E-state index contributed by atoms with van der Waals surface area (Å²) in [6.07, 6.45) is 3.90. The van der Waals surface area contributed by atoms with Crippen LogP contribution in [0.3, 0.4) is 0 Å². The molecule has 2 amide bonds. The van der Waals surface area contributed by atoms with Gasteiger partial charge in [0, 0.05) is 13.0 Å². The summed E-state index contributed by atoms with van der Waals surface area (Å²) < 4.78 is 19.1. The Morgan fingerprint density at radius 2 is 1.39 bits per heavy atom. The van der Waals surface area contributed by atoms with Crippen molar-refractivity contribution in [3.05, 3.63) is 59.9 Å². The maximum atomic E-state index is 13.8. The van der Waals surface area contributed by atoms with E-state index in [0.29, 0.717) is 25.7 Å². The van der Waals surface area contributed by atoms with E-state index < -0.39 is 28.9 Å². The zero-order valence-corrected chi connectivity index (χ0v) is 26.1. The van der Waals surface area contributed by atoms with E-state index in [2.05, 4.69) is 17.6 Å². The summed E-state index contributed by atoms with van der Waals surface area (Å²) in [4.78, 5) is 39.6. The summed E-state index contributed by atoms with van der Waals surface area (Å²) in [7, 11) is 1.56. The lowest BCUT2D eigenvalue weighted by atomic mass is 9.83. The van der Waals surface area contributed by atoms with Gasteiger partial charge in [-0.25, -0.2) is 4.39 Å². The normalized spacial score (nSPS) is 14.1. The zero-order chi connectivity index (χ0) is 30.8. The molecule has 0 saturated heterocycles. The summed E-state index contributed by atoms with van der Waals surface area (Å²) >= 11 is 0. The lowest BCUT2D eigenvalue weighted by molar-refractivity contribution is -0.161. The maximum Gasteiger partial charge on any atom is 0.309 e. The number of benzene rings is 2. The van der Waals surface area contributed by atoms with Gasteiger partial charge in [0.25, 0.3) is 0 Å². The van der Waals surface area contributed by atoms with Gasteiger partial charge >= 0.3 is 5.97 Å². The first-order chi connectivity index (χ1) is 19.1. The minimum absolute atomic E-state index is 0.235. The second-order valence-corrected chi connectivity index (χ2v) is 13.0. The molecule has 2 N–H and O–H groups in total. The molecule has 0 aliphatic heterocycles. The fraction of sp³-hybridized carbons (Fsp3) is 0.559. The Morgan fingerprint density at radius 1 is 0.829 bits per heavy atom. The van der Waals surface area contributed by atoms with E-state index in [1.165, 1.54) is 12.1 Å². The number of halogens is 1. The number of carbonyl (C=O) groups excluding carboxylic acids is 3. The average molecular weight is 569 g/mol. The number of carbonyl (C=O) groups is 3. The molecule has 0 spiro atoms. The van der Waals surface area contributed by atoms with E-state index in [1.807, 2.05) is 65.8 Å². The molecule has 0 aliphatic carbocycles. The summed E-state index contributed by atoms with van der Waals surface area (Å²) in [5.74, 6) is -1.96. The molecule has 7 heteroatoms. The minimum Gasteiger partial charge on any atom is -0.460 e. The first kappa shape index (κ1) is 34.0. The zero-order valence-electron chi connectivity index (χ0n) is 26.1. The number of likely N-dealkylation sites (N-methyl/N-ethyl adjacent to an activating group) is 1. The molecule has 0 saturated carbocycles. The van der Waals surface area contributed by atoms with Crippen LogP contribution in [0.25, 0.3) is 11.1 Å². The molecule has 0 fully saturated rings. The smallest absolute Gasteiger partial charge is 0.309 e. The van der Waals surface area contributed by atoms with Gasteiger partial charge in [-0.05, 0) is 80.7 Å². The monoisotopic (exact) mass is 568 g/mol. The number of rotatable bonds is 13. The maximum absolute atomic E-state index is 13.8. The molecule has 3 atom stereocenters. The standard InChI is InChI=1S/C34H49FN2O4/c1-9-10-11-27(32(40)41-34(5,6)7)22-26(30(38)37-29(31(39)36-8)33(2,3)4)17-14-23-12-15-24(16-13-23)25-18-20-28(35)21-19-25/h12-13,15-16,18-21,26-27,29H,9-11,14,17,22H2,1-8H3,(H,36,39)(H,37,38)/t26-,27+,29-/m1/s1. The highest BCUT2D eigenvalue weighted by Gasteiger charge is 2.36. The molecule has 2 aromatic rings. The fourth-order valence-electron chi connectivity index (χ4n) is 4.79. The number of unbranched alkanes of at least 4 members (excludes halogenated alkanes) is 1. The van der Waals surface area contributed by atoms with Crippen LogP contribution in [0.4, 0.5) is 4.39 Å². The second-order valence-electron chi connectivity index (χ2n) is 13.0. The van der Waals surface area contributed by atoms with E-state index >= 15 is 0 Å². The van der Waals surface area contributed by atoms with Gasteiger partial charge in [-0.2, -0.15) is 0 Å². The summed E-state index contributed by atoms with van der Waals surface area (Å²) in [6, 6.07) is 13.7. The molecule has 0 unspecified atom stereocenters. The van der Waals surface area contributed by atoms with Crippen molar-refractivity contribution < 1.29 is 23.5 Å². The molecule has 0 bridgehead atoms. The van der Waals surface area contributed by atoms with Crippen molar-refractivity contribution in [2.45, 2.75) is 98.6 Å². The number of hydrogen-bond acceptors (Lipinski definition) is 4. The first-order valence-electron chi connectivity index (χ1n) is 14.7. The van der Waals surface area contributed by atoms with Gasteiger partial charge in [-0.15, -0.1) is 0 Å². The summed E-state index contributed by atoms with van der Waals surface area (Å²) in [5, 5.41) is 5.65. The van der Waals surface area contributed by atoms with Crippen LogP contribution < -0.4 is 10.6 Å². The van der Waals surface area contributed by atoms with Crippen LogP contribution in [0, 0.1) is 23.1 Å². The van der Waals surface area contributed by atoms with Crippen molar-refractivity contribution in [1.82, 2.24) is 10.6 Å². The second kappa shape index (κ2) is 15.1. The molecule has 2 rings (SSSR count). The van der Waals surface area contributed by atoms with Crippen molar-refractivity contribution >= 4 is 17.8 Å². The number of esters is 1. The van der Waals surface area contributed by atoms with Gasteiger partial charge in [0.1, 0.15) is 17.5 Å². The largest absolute Gasteiger partial charge is 0.460 e. The predicted molar refractivity (Wildman–Crippen MR) is 163 cm³/mol. The van der Waals surface area contributed by atoms with Crippen LogP contribution in [-0.2, 0) is 25.5 Å². The van der Waals surface area contributed by atoms with Gasteiger partial charge in [-0.1, -0.05) is 76.9 Å². The fourth-order valence-corrected chi connectivity index (χ4v) is 4.79. The molecule has 41 heavy (non-hydrogen) atoms. The SMILES string of the molecule is CCCC[C@@H](C[C@@H](CCc1ccc(-c2ccc(F)cc2)cc1)C(=O)N[C@H](C(=O)NC)C(C)(C)C)C(=O)OC(C)(C)C. The third kappa shape index (κ3) is 11.3. The van der Waals surface area contributed by atoms with Crippen LogP contribution >= 0.6 is 0 Å². The van der Waals surface area contributed by atoms with E-state index in [0.717, 1.165) is 29.5 Å². The van der Waals surface area contributed by atoms with Gasteiger partial charge in [0.05, 0.1) is 5.92 Å². The van der Waals surface area contributed by atoms with Crippen LogP contribution in [-0.4, -0.2) is 36.5 Å². The third-order valence-electron chi connectivity index (χ3n) is 7.16. The van der Waals surface area contributed by atoms with Gasteiger partial charge < -0.3 is 15.4 Å². The Bertz CT molecular complexity index is 1130. The van der Waals surface area contributed by atoms with E-state index in [-0.39, 0.29) is 23.6 Å². The summed E-state index contributed by atoms with van der Waals surface area (Å²) in [6.45, 7) is 13.3. The van der Waals surface area contributed by atoms with Crippen molar-refractivity contribution in [3.63, 3.8) is 0 Å². The number of hydrogen-bond donors (Lipinski definition) is 2. The predicted octanol–water partition coefficient (Wildman–Crippen LogP) is 6.86. The van der Waals surface area contributed by atoms with E-state index in [1.54, 1.807) is 19.2 Å².